The predicted octanol–water partition coefficient (Wildman–Crippen LogP) is 25.0. The number of benzene rings is 11. The number of fused-ring (bicyclic) bond motifs is 11. The highest BCUT2D eigenvalue weighted by molar-refractivity contribution is 6.10. The van der Waals surface area contributed by atoms with Crippen molar-refractivity contribution in [1.82, 2.24) is 4.57 Å². The smallest absolute Gasteiger partial charge is 0.0711 e. The van der Waals surface area contributed by atoms with Gasteiger partial charge in [0.05, 0.1) is 22.1 Å². The molecule has 1 unspecified atom stereocenters. The minimum absolute atomic E-state index is 0.119. The second-order valence-corrected chi connectivity index (χ2v) is 28.5. The molecule has 6 aliphatic carbocycles. The standard InChI is InChI=1S/C80H64N2.C14H16/c1-51-36-43-65-71(46-51)80(55-24-11-7-12-25-55,56-26-13-8-14-27-56)72-50-59(82-73-33-19-16-28-62(73)63-29-17-20-34-74(63)82)48-66(76(65)72)54-39-44-60-61-45-42-58(49-70(61)79(4,5)69(60)47-54)81(57-40-37-53(38-41-57)52-22-9-6-10-23-52)75-35-21-32-68-77(75)64-30-15-18-31-67(64)78(68,2)3;1-11-7-3-5-9-13(11)14-10-6-4-8-12(14)2/h6-7,9-13,15-41,43-44,46-50H,8,14,42,45H2,1-5H3;3,5,7-10H,4,6H2,1-2H3. The van der Waals surface area contributed by atoms with Gasteiger partial charge in [-0.3, -0.25) is 0 Å². The van der Waals surface area contributed by atoms with Gasteiger partial charge in [-0.25, -0.2) is 0 Å². The SMILES string of the molecule is CC1=CCCC=C1c1ccccc1C.Cc1ccc2c(c1)C(C1=CCCC=C1)(c1ccccc1)c1cc(-n3c4ccccc4c4ccccc43)cc(-c3ccc4c(c3)C(C)(C)C3=C4CCC(N(c4ccc(-c5ccccc5)cc4)c4cccc5c4-c4ccccc4C5(C)C)=C3)c1-2. The minimum Gasteiger partial charge on any atom is -0.314 e. The average Bonchev–Trinajstić information content (AvgIpc) is 1.51. The van der Waals surface area contributed by atoms with Crippen molar-refractivity contribution in [2.75, 3.05) is 4.90 Å². The Hall–Kier alpha value is -10.5. The molecule has 96 heavy (non-hydrogen) atoms. The van der Waals surface area contributed by atoms with Gasteiger partial charge in [-0.1, -0.05) is 264 Å². The molecule has 12 aromatic rings. The molecule has 18 rings (SSSR count). The number of aromatic nitrogens is 1. The van der Waals surface area contributed by atoms with Crippen LogP contribution >= 0.6 is 0 Å². The molecular formula is C94H80N2. The number of aryl methyl sites for hydroxylation is 2. The van der Waals surface area contributed by atoms with Crippen molar-refractivity contribution in [3.8, 4) is 50.2 Å². The first-order valence-electron chi connectivity index (χ1n) is 34.8. The van der Waals surface area contributed by atoms with Gasteiger partial charge in [0.1, 0.15) is 0 Å². The fraction of sp³-hybridized carbons (Fsp3) is 0.170. The lowest BCUT2D eigenvalue weighted by molar-refractivity contribution is 0.649. The first kappa shape index (κ1) is 59.2. The number of anilines is 2. The first-order chi connectivity index (χ1) is 46.9. The average molecular weight is 1240 g/mol. The molecule has 11 aromatic carbocycles. The summed E-state index contributed by atoms with van der Waals surface area (Å²) in [5, 5.41) is 2.53. The molecule has 0 saturated carbocycles. The molecule has 0 bridgehead atoms. The maximum Gasteiger partial charge on any atom is 0.0711 e. The molecule has 1 heterocycles. The van der Waals surface area contributed by atoms with E-state index < -0.39 is 5.41 Å². The molecule has 6 aliphatic rings. The van der Waals surface area contributed by atoms with Crippen molar-refractivity contribution in [2.24, 2.45) is 0 Å². The van der Waals surface area contributed by atoms with Crippen LogP contribution in [-0.4, -0.2) is 4.57 Å². The van der Waals surface area contributed by atoms with Crippen LogP contribution in [0.2, 0.25) is 0 Å². The van der Waals surface area contributed by atoms with E-state index in [4.69, 9.17) is 0 Å². The summed E-state index contributed by atoms with van der Waals surface area (Å²) in [5.74, 6) is 0. The Kier molecular flexibility index (Phi) is 14.3. The van der Waals surface area contributed by atoms with Crippen molar-refractivity contribution >= 4 is 44.3 Å². The molecule has 0 spiro atoms. The Bertz CT molecular complexity index is 5300. The zero-order valence-electron chi connectivity index (χ0n) is 56.3. The van der Waals surface area contributed by atoms with E-state index >= 15 is 0 Å². The van der Waals surface area contributed by atoms with Crippen LogP contribution in [0.5, 0.6) is 0 Å². The van der Waals surface area contributed by atoms with E-state index in [2.05, 4.69) is 343 Å². The zero-order chi connectivity index (χ0) is 65.0. The fourth-order valence-electron chi connectivity index (χ4n) is 17.6. The first-order valence-corrected chi connectivity index (χ1v) is 34.8. The molecule has 2 heteroatoms. The van der Waals surface area contributed by atoms with Crippen molar-refractivity contribution in [3.63, 3.8) is 0 Å². The summed E-state index contributed by atoms with van der Waals surface area (Å²) < 4.78 is 2.54. The number of rotatable bonds is 9. The predicted molar refractivity (Wildman–Crippen MR) is 407 cm³/mol. The summed E-state index contributed by atoms with van der Waals surface area (Å²) in [4.78, 5) is 2.61. The molecule has 0 amide bonds. The summed E-state index contributed by atoms with van der Waals surface area (Å²) >= 11 is 0. The third-order valence-corrected chi connectivity index (χ3v) is 22.3. The second-order valence-electron chi connectivity index (χ2n) is 28.5. The van der Waals surface area contributed by atoms with Crippen LogP contribution < -0.4 is 4.90 Å². The summed E-state index contributed by atoms with van der Waals surface area (Å²) in [7, 11) is 0. The largest absolute Gasteiger partial charge is 0.314 e. The second kappa shape index (κ2) is 23.1. The number of hydrogen-bond donors (Lipinski definition) is 0. The molecule has 466 valence electrons. The van der Waals surface area contributed by atoms with E-state index in [0.29, 0.717) is 0 Å². The summed E-state index contributed by atoms with van der Waals surface area (Å²) in [5.41, 5.74) is 37.4. The van der Waals surface area contributed by atoms with Gasteiger partial charge in [0, 0.05) is 44.2 Å². The third kappa shape index (κ3) is 9.27. The van der Waals surface area contributed by atoms with Crippen molar-refractivity contribution in [2.45, 2.75) is 103 Å². The van der Waals surface area contributed by atoms with Gasteiger partial charge >= 0.3 is 0 Å². The molecule has 0 N–H and O–H groups in total. The molecule has 0 aliphatic heterocycles. The van der Waals surface area contributed by atoms with Crippen molar-refractivity contribution < 1.29 is 0 Å². The molecule has 1 aromatic heterocycles. The van der Waals surface area contributed by atoms with E-state index in [1.807, 2.05) is 0 Å². The lowest BCUT2D eigenvalue weighted by Crippen LogP contribution is -2.30. The number of allylic oxidation sites excluding steroid dienone is 12. The normalized spacial score (nSPS) is 17.4. The highest BCUT2D eigenvalue weighted by Crippen LogP contribution is 2.62. The van der Waals surface area contributed by atoms with E-state index in [-0.39, 0.29) is 10.8 Å². The fourth-order valence-corrected chi connectivity index (χ4v) is 17.6. The lowest BCUT2D eigenvalue weighted by atomic mass is 9.66. The molecular weight excluding hydrogens is 1160 g/mol. The van der Waals surface area contributed by atoms with Gasteiger partial charge in [-0.15, -0.1) is 0 Å². The van der Waals surface area contributed by atoms with Gasteiger partial charge in [0.25, 0.3) is 0 Å². The molecule has 0 fully saturated rings. The van der Waals surface area contributed by atoms with Crippen LogP contribution in [0.3, 0.4) is 0 Å². The van der Waals surface area contributed by atoms with E-state index in [9.17, 15) is 0 Å². The Morgan fingerprint density at radius 1 is 0.417 bits per heavy atom. The Balaban J connectivity index is 0.000000442. The van der Waals surface area contributed by atoms with Gasteiger partial charge in [0.2, 0.25) is 0 Å². The Labute approximate surface area is 567 Å². The summed E-state index contributed by atoms with van der Waals surface area (Å²) in [6.45, 7) is 16.4. The third-order valence-electron chi connectivity index (χ3n) is 22.3. The quantitative estimate of drug-likeness (QED) is 0.140. The van der Waals surface area contributed by atoms with Crippen molar-refractivity contribution in [3.05, 3.63) is 363 Å². The number of para-hydroxylation sites is 2. The topological polar surface area (TPSA) is 8.17 Å². The maximum absolute atomic E-state index is 2.61. The van der Waals surface area contributed by atoms with Crippen LogP contribution in [0.25, 0.3) is 83.1 Å². The molecule has 2 nitrogen and oxygen atoms in total. The Morgan fingerprint density at radius 3 is 1.79 bits per heavy atom. The summed E-state index contributed by atoms with van der Waals surface area (Å²) in [6.07, 6.45) is 21.0. The lowest BCUT2D eigenvalue weighted by Gasteiger charge is -2.36. The van der Waals surface area contributed by atoms with Gasteiger partial charge in [0.15, 0.2) is 0 Å². The maximum atomic E-state index is 2.61. The highest BCUT2D eigenvalue weighted by Gasteiger charge is 2.49. The summed E-state index contributed by atoms with van der Waals surface area (Å²) in [6, 6.07) is 94.0. The van der Waals surface area contributed by atoms with E-state index in [1.54, 1.807) is 0 Å². The highest BCUT2D eigenvalue weighted by atomic mass is 15.2. The number of hydrogen-bond acceptors (Lipinski definition) is 1. The van der Waals surface area contributed by atoms with Crippen LogP contribution in [0.15, 0.2) is 308 Å². The monoisotopic (exact) mass is 1240 g/mol. The van der Waals surface area contributed by atoms with Crippen LogP contribution in [0.1, 0.15) is 129 Å². The van der Waals surface area contributed by atoms with Crippen LogP contribution in [-0.2, 0) is 16.2 Å². The van der Waals surface area contributed by atoms with Gasteiger partial charge in [-0.05, 0) is 231 Å². The van der Waals surface area contributed by atoms with Crippen LogP contribution in [0.4, 0.5) is 11.4 Å². The molecule has 1 atom stereocenters. The minimum atomic E-state index is -0.541. The molecule has 0 radical (unpaired) electrons. The van der Waals surface area contributed by atoms with Crippen LogP contribution in [0, 0.1) is 13.8 Å². The zero-order valence-corrected chi connectivity index (χ0v) is 56.3. The van der Waals surface area contributed by atoms with Gasteiger partial charge in [-0.2, -0.15) is 0 Å². The van der Waals surface area contributed by atoms with Crippen molar-refractivity contribution in [1.29, 1.82) is 0 Å². The van der Waals surface area contributed by atoms with E-state index in [1.165, 1.54) is 185 Å². The van der Waals surface area contributed by atoms with E-state index in [0.717, 1.165) is 25.7 Å². The number of nitrogens with zero attached hydrogens (tertiary/aromatic N) is 2. The Morgan fingerprint density at radius 2 is 1.05 bits per heavy atom. The molecule has 0 saturated heterocycles. The van der Waals surface area contributed by atoms with Gasteiger partial charge < -0.3 is 9.47 Å².